The first-order valence-corrected chi connectivity index (χ1v) is 7.74. The molecule has 0 atom stereocenters. The zero-order valence-electron chi connectivity index (χ0n) is 14.0. The Balaban J connectivity index is 1.86. The summed E-state index contributed by atoms with van der Waals surface area (Å²) < 4.78 is 0. The van der Waals surface area contributed by atoms with Gasteiger partial charge in [-0.25, -0.2) is 4.98 Å². The lowest BCUT2D eigenvalue weighted by Gasteiger charge is -2.14. The van der Waals surface area contributed by atoms with Crippen molar-refractivity contribution in [2.45, 2.75) is 6.92 Å². The van der Waals surface area contributed by atoms with Crippen molar-refractivity contribution in [2.75, 3.05) is 24.3 Å². The average Bonchev–Trinajstić information content (AvgIpc) is 3.11. The smallest absolute Gasteiger partial charge is 0.255 e. The van der Waals surface area contributed by atoms with Crippen LogP contribution >= 0.6 is 0 Å². The second-order valence-electron chi connectivity index (χ2n) is 5.87. The molecule has 0 saturated carbocycles. The molecule has 3 rings (SSSR count). The van der Waals surface area contributed by atoms with Crippen LogP contribution in [-0.4, -0.2) is 30.0 Å². The van der Waals surface area contributed by atoms with Crippen LogP contribution in [-0.2, 0) is 0 Å². The summed E-state index contributed by atoms with van der Waals surface area (Å²) >= 11 is 0. The van der Waals surface area contributed by atoms with Crippen LogP contribution in [0.25, 0.3) is 11.4 Å². The van der Waals surface area contributed by atoms with Crippen LogP contribution in [0, 0.1) is 6.92 Å². The number of aromatic nitrogens is 2. The molecule has 0 bridgehead atoms. The highest BCUT2D eigenvalue weighted by atomic mass is 16.1. The van der Waals surface area contributed by atoms with Gasteiger partial charge in [0.25, 0.3) is 5.91 Å². The van der Waals surface area contributed by atoms with E-state index < -0.39 is 0 Å². The van der Waals surface area contributed by atoms with Gasteiger partial charge in [-0.05, 0) is 36.8 Å². The van der Waals surface area contributed by atoms with Crippen LogP contribution in [0.15, 0.2) is 54.9 Å². The van der Waals surface area contributed by atoms with Gasteiger partial charge < -0.3 is 15.2 Å². The molecule has 2 N–H and O–H groups in total. The van der Waals surface area contributed by atoms with Crippen molar-refractivity contribution in [2.24, 2.45) is 0 Å². The zero-order chi connectivity index (χ0) is 17.1. The lowest BCUT2D eigenvalue weighted by Crippen LogP contribution is -2.14. The van der Waals surface area contributed by atoms with E-state index >= 15 is 0 Å². The molecule has 0 aliphatic carbocycles. The monoisotopic (exact) mass is 320 g/mol. The number of aromatic amines is 1. The van der Waals surface area contributed by atoms with E-state index in [1.54, 1.807) is 12.4 Å². The fourth-order valence-electron chi connectivity index (χ4n) is 2.45. The second-order valence-corrected chi connectivity index (χ2v) is 5.87. The van der Waals surface area contributed by atoms with E-state index in [1.807, 2.05) is 68.4 Å². The summed E-state index contributed by atoms with van der Waals surface area (Å²) in [5.41, 5.74) is 4.34. The Kier molecular flexibility index (Phi) is 4.33. The Bertz CT molecular complexity index is 854. The molecule has 5 nitrogen and oxygen atoms in total. The van der Waals surface area contributed by atoms with Crippen molar-refractivity contribution >= 4 is 17.3 Å². The van der Waals surface area contributed by atoms with Gasteiger partial charge in [-0.2, -0.15) is 0 Å². The van der Waals surface area contributed by atoms with Crippen LogP contribution in [0.3, 0.4) is 0 Å². The predicted molar refractivity (Wildman–Crippen MR) is 97.5 cm³/mol. The molecule has 5 heteroatoms. The fraction of sp³-hybridized carbons (Fsp3) is 0.158. The largest absolute Gasteiger partial charge is 0.378 e. The van der Waals surface area contributed by atoms with Gasteiger partial charge in [0.1, 0.15) is 5.82 Å². The standard InChI is InChI=1S/C19H20N4O/c1-13-7-8-14(18-20-9-10-21-18)12-17(13)22-19(24)15-5-4-6-16(11-15)23(2)3/h4-12H,1-3H3,(H,20,21)(H,22,24). The van der Waals surface area contributed by atoms with Crippen LogP contribution in [0.1, 0.15) is 15.9 Å². The molecule has 0 fully saturated rings. The molecule has 0 radical (unpaired) electrons. The molecule has 1 aromatic heterocycles. The van der Waals surface area contributed by atoms with Gasteiger partial charge in [0.2, 0.25) is 0 Å². The predicted octanol–water partition coefficient (Wildman–Crippen LogP) is 3.70. The zero-order valence-corrected chi connectivity index (χ0v) is 14.0. The number of hydrogen-bond donors (Lipinski definition) is 2. The summed E-state index contributed by atoms with van der Waals surface area (Å²) in [4.78, 5) is 21.9. The number of anilines is 2. The topological polar surface area (TPSA) is 61.0 Å². The number of aryl methyl sites for hydroxylation is 1. The van der Waals surface area contributed by atoms with Crippen molar-refractivity contribution in [3.8, 4) is 11.4 Å². The first-order valence-electron chi connectivity index (χ1n) is 7.74. The van der Waals surface area contributed by atoms with Crippen molar-refractivity contribution in [1.29, 1.82) is 0 Å². The number of hydrogen-bond acceptors (Lipinski definition) is 3. The third kappa shape index (κ3) is 3.30. The molecule has 0 spiro atoms. The summed E-state index contributed by atoms with van der Waals surface area (Å²) in [6.07, 6.45) is 3.49. The summed E-state index contributed by atoms with van der Waals surface area (Å²) in [6, 6.07) is 13.4. The normalized spacial score (nSPS) is 10.5. The van der Waals surface area contributed by atoms with Crippen LogP contribution in [0.2, 0.25) is 0 Å². The SMILES string of the molecule is Cc1ccc(-c2ncc[nH]2)cc1NC(=O)c1cccc(N(C)C)c1. The number of carbonyl (C=O) groups is 1. The van der Waals surface area contributed by atoms with Gasteiger partial charge in [-0.3, -0.25) is 4.79 Å². The second kappa shape index (κ2) is 6.58. The molecular formula is C19H20N4O. The first kappa shape index (κ1) is 15.8. The Morgan fingerprint density at radius 2 is 2.00 bits per heavy atom. The lowest BCUT2D eigenvalue weighted by atomic mass is 10.1. The molecule has 0 aliphatic rings. The van der Waals surface area contributed by atoms with Crippen molar-refractivity contribution in [3.63, 3.8) is 0 Å². The molecular weight excluding hydrogens is 300 g/mol. The molecule has 122 valence electrons. The van der Waals surface area contributed by atoms with Crippen LogP contribution in [0.4, 0.5) is 11.4 Å². The highest BCUT2D eigenvalue weighted by Gasteiger charge is 2.10. The van der Waals surface area contributed by atoms with Gasteiger partial charge in [0.05, 0.1) is 0 Å². The number of nitrogens with zero attached hydrogens (tertiary/aromatic N) is 2. The third-order valence-corrected chi connectivity index (χ3v) is 3.88. The number of rotatable bonds is 4. The van der Waals surface area contributed by atoms with Crippen molar-refractivity contribution in [1.82, 2.24) is 9.97 Å². The molecule has 1 amide bonds. The summed E-state index contributed by atoms with van der Waals surface area (Å²) in [5.74, 6) is 0.651. The summed E-state index contributed by atoms with van der Waals surface area (Å²) in [5, 5.41) is 3.00. The van der Waals surface area contributed by atoms with E-state index in [9.17, 15) is 4.79 Å². The van der Waals surface area contributed by atoms with Crippen molar-refractivity contribution < 1.29 is 4.79 Å². The quantitative estimate of drug-likeness (QED) is 0.770. The van der Waals surface area contributed by atoms with E-state index in [0.717, 1.165) is 28.3 Å². The van der Waals surface area contributed by atoms with Gasteiger partial charge in [0, 0.05) is 49.0 Å². The minimum absolute atomic E-state index is 0.126. The Labute approximate surface area is 141 Å². The number of amides is 1. The third-order valence-electron chi connectivity index (χ3n) is 3.88. The maximum absolute atomic E-state index is 12.6. The van der Waals surface area contributed by atoms with Gasteiger partial charge in [-0.1, -0.05) is 18.2 Å². The van der Waals surface area contributed by atoms with Crippen LogP contribution < -0.4 is 10.2 Å². The summed E-state index contributed by atoms with van der Waals surface area (Å²) in [7, 11) is 3.90. The van der Waals surface area contributed by atoms with E-state index in [1.165, 1.54) is 0 Å². The molecule has 0 aliphatic heterocycles. The number of nitrogens with one attached hydrogen (secondary N) is 2. The molecule has 24 heavy (non-hydrogen) atoms. The average molecular weight is 320 g/mol. The Hall–Kier alpha value is -3.08. The highest BCUT2D eigenvalue weighted by molar-refractivity contribution is 6.05. The molecule has 0 saturated heterocycles. The fourth-order valence-corrected chi connectivity index (χ4v) is 2.45. The number of imidazole rings is 1. The highest BCUT2D eigenvalue weighted by Crippen LogP contribution is 2.24. The lowest BCUT2D eigenvalue weighted by molar-refractivity contribution is 0.102. The molecule has 3 aromatic rings. The van der Waals surface area contributed by atoms with E-state index in [2.05, 4.69) is 15.3 Å². The van der Waals surface area contributed by atoms with Crippen molar-refractivity contribution in [3.05, 3.63) is 66.0 Å². The first-order chi connectivity index (χ1) is 11.5. The maximum atomic E-state index is 12.6. The van der Waals surface area contributed by atoms with E-state index in [4.69, 9.17) is 0 Å². The number of benzene rings is 2. The molecule has 0 unspecified atom stereocenters. The van der Waals surface area contributed by atoms with Gasteiger partial charge in [-0.15, -0.1) is 0 Å². The number of carbonyl (C=O) groups excluding carboxylic acids is 1. The summed E-state index contributed by atoms with van der Waals surface area (Å²) in [6.45, 7) is 1.97. The van der Waals surface area contributed by atoms with Gasteiger partial charge in [0.15, 0.2) is 0 Å². The van der Waals surface area contributed by atoms with E-state index in [0.29, 0.717) is 5.56 Å². The minimum Gasteiger partial charge on any atom is -0.378 e. The van der Waals surface area contributed by atoms with E-state index in [-0.39, 0.29) is 5.91 Å². The molecule has 2 aromatic carbocycles. The molecule has 1 heterocycles. The Morgan fingerprint density at radius 3 is 2.71 bits per heavy atom. The number of H-pyrrole nitrogens is 1. The Morgan fingerprint density at radius 1 is 1.17 bits per heavy atom. The van der Waals surface area contributed by atoms with Gasteiger partial charge >= 0.3 is 0 Å². The maximum Gasteiger partial charge on any atom is 0.255 e. The van der Waals surface area contributed by atoms with Crippen LogP contribution in [0.5, 0.6) is 0 Å². The minimum atomic E-state index is -0.126.